The molecule has 1 unspecified atom stereocenters. The third kappa shape index (κ3) is 3.31. The molecule has 1 aromatic heterocycles. The lowest BCUT2D eigenvalue weighted by Crippen LogP contribution is -2.28. The van der Waals surface area contributed by atoms with E-state index in [1.807, 2.05) is 0 Å². The third-order valence-corrected chi connectivity index (χ3v) is 3.15. The number of furan rings is 1. The molecule has 0 aliphatic rings. The molecule has 2 rings (SSSR count). The first-order valence-corrected chi connectivity index (χ1v) is 6.15. The largest absolute Gasteiger partial charge is 0.466 e. The number of nitrogens with one attached hydrogen (secondary N) is 1. The Morgan fingerprint density at radius 3 is 2.68 bits per heavy atom. The van der Waals surface area contributed by atoms with Crippen LogP contribution in [0.1, 0.15) is 17.4 Å². The van der Waals surface area contributed by atoms with E-state index in [1.54, 1.807) is 18.2 Å². The van der Waals surface area contributed by atoms with Crippen LogP contribution in [-0.4, -0.2) is 6.61 Å². The number of rotatable bonds is 5. The van der Waals surface area contributed by atoms with E-state index in [0.29, 0.717) is 11.3 Å². The quantitative estimate of drug-likeness (QED) is 0.652. The van der Waals surface area contributed by atoms with Crippen LogP contribution in [0.25, 0.3) is 0 Å². The summed E-state index contributed by atoms with van der Waals surface area (Å²) in [6.45, 7) is -2.87. The summed E-state index contributed by atoms with van der Waals surface area (Å²) in [5, 5.41) is 0. The zero-order chi connectivity index (χ0) is 13.8. The minimum atomic E-state index is -2.87. The fourth-order valence-corrected chi connectivity index (χ4v) is 2.14. The van der Waals surface area contributed by atoms with Gasteiger partial charge in [0, 0.05) is 0 Å². The molecule has 0 amide bonds. The van der Waals surface area contributed by atoms with Crippen LogP contribution in [0, 0.1) is 0 Å². The van der Waals surface area contributed by atoms with Crippen molar-refractivity contribution in [1.82, 2.24) is 5.43 Å². The highest BCUT2D eigenvalue weighted by Crippen LogP contribution is 2.30. The molecule has 1 aromatic carbocycles. The van der Waals surface area contributed by atoms with E-state index in [2.05, 4.69) is 26.1 Å². The Balaban J connectivity index is 2.31. The topological polar surface area (TPSA) is 60.4 Å². The molecule has 0 spiro atoms. The molecule has 0 saturated carbocycles. The molecule has 0 aliphatic heterocycles. The number of benzene rings is 1. The highest BCUT2D eigenvalue weighted by atomic mass is 79.9. The van der Waals surface area contributed by atoms with Gasteiger partial charge in [0.05, 0.1) is 10.7 Å². The number of hydrogen-bond donors (Lipinski definition) is 2. The first-order valence-electron chi connectivity index (χ1n) is 5.35. The Kier molecular flexibility index (Phi) is 4.52. The van der Waals surface area contributed by atoms with Crippen LogP contribution in [0.3, 0.4) is 0 Å². The fourth-order valence-electron chi connectivity index (χ4n) is 1.70. The summed E-state index contributed by atoms with van der Waals surface area (Å²) in [4.78, 5) is 0. The molecule has 102 valence electrons. The Labute approximate surface area is 116 Å². The number of ether oxygens (including phenoxy) is 1. The molecule has 0 bridgehead atoms. The van der Waals surface area contributed by atoms with Gasteiger partial charge in [0.25, 0.3) is 0 Å². The second-order valence-electron chi connectivity index (χ2n) is 3.68. The van der Waals surface area contributed by atoms with E-state index in [-0.39, 0.29) is 5.75 Å². The second kappa shape index (κ2) is 6.14. The molecule has 3 N–H and O–H groups in total. The van der Waals surface area contributed by atoms with Crippen molar-refractivity contribution in [3.8, 4) is 5.75 Å². The van der Waals surface area contributed by atoms with Gasteiger partial charge < -0.3 is 9.15 Å². The molecule has 1 atom stereocenters. The van der Waals surface area contributed by atoms with E-state index in [0.717, 1.165) is 4.47 Å². The Morgan fingerprint density at radius 1 is 1.32 bits per heavy atom. The van der Waals surface area contributed by atoms with Crippen molar-refractivity contribution in [2.45, 2.75) is 12.7 Å². The van der Waals surface area contributed by atoms with Gasteiger partial charge in [-0.15, -0.1) is 0 Å². The van der Waals surface area contributed by atoms with E-state index in [1.165, 1.54) is 18.4 Å². The summed E-state index contributed by atoms with van der Waals surface area (Å²) in [7, 11) is 0. The fraction of sp³-hybridized carbons (Fsp3) is 0.167. The van der Waals surface area contributed by atoms with Gasteiger partial charge in [-0.25, -0.2) is 5.43 Å². The Bertz CT molecular complexity index is 548. The number of hydrogen-bond acceptors (Lipinski definition) is 4. The summed E-state index contributed by atoms with van der Waals surface area (Å²) in [6.07, 6.45) is 1.50. The van der Waals surface area contributed by atoms with E-state index in [9.17, 15) is 8.78 Å². The van der Waals surface area contributed by atoms with Crippen LogP contribution in [0.15, 0.2) is 45.5 Å². The van der Waals surface area contributed by atoms with Gasteiger partial charge >= 0.3 is 6.61 Å². The van der Waals surface area contributed by atoms with Crippen LogP contribution in [-0.2, 0) is 0 Å². The van der Waals surface area contributed by atoms with Crippen molar-refractivity contribution in [3.05, 3.63) is 52.4 Å². The lowest BCUT2D eigenvalue weighted by Gasteiger charge is -2.15. The molecular weight excluding hydrogens is 322 g/mol. The lowest BCUT2D eigenvalue weighted by molar-refractivity contribution is -0.0498. The van der Waals surface area contributed by atoms with Crippen LogP contribution in [0.2, 0.25) is 0 Å². The highest BCUT2D eigenvalue weighted by molar-refractivity contribution is 9.10. The average Bonchev–Trinajstić information content (AvgIpc) is 2.77. The normalized spacial score (nSPS) is 12.7. The standard InChI is InChI=1S/C12H11BrF2N2O2/c13-9-4-5-18-11(9)10(17-16)7-2-1-3-8(6-7)19-12(14)15/h1-6,10,12,17H,16H2. The monoisotopic (exact) mass is 332 g/mol. The van der Waals surface area contributed by atoms with Crippen LogP contribution < -0.4 is 16.0 Å². The second-order valence-corrected chi connectivity index (χ2v) is 4.54. The predicted molar refractivity (Wildman–Crippen MR) is 68.6 cm³/mol. The maximum absolute atomic E-state index is 12.2. The van der Waals surface area contributed by atoms with Gasteiger partial charge in [-0.2, -0.15) is 8.78 Å². The third-order valence-electron chi connectivity index (χ3n) is 2.49. The first-order chi connectivity index (χ1) is 9.11. The highest BCUT2D eigenvalue weighted by Gasteiger charge is 2.19. The molecular formula is C12H11BrF2N2O2. The molecule has 0 aliphatic carbocycles. The molecule has 0 radical (unpaired) electrons. The smallest absolute Gasteiger partial charge is 0.387 e. The van der Waals surface area contributed by atoms with Gasteiger partial charge in [-0.3, -0.25) is 5.84 Å². The number of hydrazine groups is 1. The Hall–Kier alpha value is -1.44. The summed E-state index contributed by atoms with van der Waals surface area (Å²) >= 11 is 3.32. The van der Waals surface area contributed by atoms with Crippen LogP contribution in [0.4, 0.5) is 8.78 Å². The predicted octanol–water partition coefficient (Wildman–Crippen LogP) is 3.20. The lowest BCUT2D eigenvalue weighted by atomic mass is 10.1. The average molecular weight is 333 g/mol. The van der Waals surface area contributed by atoms with Crippen molar-refractivity contribution >= 4 is 15.9 Å². The van der Waals surface area contributed by atoms with Gasteiger partial charge in [0.2, 0.25) is 0 Å². The van der Waals surface area contributed by atoms with Crippen LogP contribution in [0.5, 0.6) is 5.75 Å². The van der Waals surface area contributed by atoms with Crippen molar-refractivity contribution in [2.75, 3.05) is 0 Å². The molecule has 19 heavy (non-hydrogen) atoms. The summed E-state index contributed by atoms with van der Waals surface area (Å²) in [5.41, 5.74) is 3.22. The Morgan fingerprint density at radius 2 is 2.11 bits per heavy atom. The summed E-state index contributed by atoms with van der Waals surface area (Å²) in [6, 6.07) is 7.52. The van der Waals surface area contributed by atoms with Gasteiger partial charge in [-0.05, 0) is 39.7 Å². The molecule has 1 heterocycles. The SMILES string of the molecule is NNC(c1cccc(OC(F)F)c1)c1occc1Br. The number of alkyl halides is 2. The zero-order valence-electron chi connectivity index (χ0n) is 9.65. The maximum Gasteiger partial charge on any atom is 0.387 e. The molecule has 2 aromatic rings. The van der Waals surface area contributed by atoms with Gasteiger partial charge in [0.1, 0.15) is 17.6 Å². The van der Waals surface area contributed by atoms with Crippen molar-refractivity contribution < 1.29 is 17.9 Å². The number of nitrogens with two attached hydrogens (primary N) is 1. The van der Waals surface area contributed by atoms with Gasteiger partial charge in [-0.1, -0.05) is 12.1 Å². The molecule has 7 heteroatoms. The molecule has 0 saturated heterocycles. The molecule has 4 nitrogen and oxygen atoms in total. The summed E-state index contributed by atoms with van der Waals surface area (Å²) < 4.78 is 34.8. The van der Waals surface area contributed by atoms with E-state index in [4.69, 9.17) is 10.3 Å². The molecule has 0 fully saturated rings. The van der Waals surface area contributed by atoms with E-state index >= 15 is 0 Å². The minimum absolute atomic E-state index is 0.0652. The number of halogens is 3. The van der Waals surface area contributed by atoms with Crippen molar-refractivity contribution in [2.24, 2.45) is 5.84 Å². The minimum Gasteiger partial charge on any atom is -0.466 e. The van der Waals surface area contributed by atoms with E-state index < -0.39 is 12.7 Å². The summed E-state index contributed by atoms with van der Waals surface area (Å²) in [5.74, 6) is 6.11. The van der Waals surface area contributed by atoms with Gasteiger partial charge in [0.15, 0.2) is 0 Å². The maximum atomic E-state index is 12.2. The first kappa shape index (κ1) is 14.0. The zero-order valence-corrected chi connectivity index (χ0v) is 11.2. The van der Waals surface area contributed by atoms with Crippen molar-refractivity contribution in [1.29, 1.82) is 0 Å². The van der Waals surface area contributed by atoms with Crippen molar-refractivity contribution in [3.63, 3.8) is 0 Å². The van der Waals surface area contributed by atoms with Crippen LogP contribution >= 0.6 is 15.9 Å².